The smallest absolute Gasteiger partial charge is 0.221 e. The molecule has 0 aromatic heterocycles. The first-order valence-corrected chi connectivity index (χ1v) is 4.75. The van der Waals surface area contributed by atoms with Crippen LogP contribution in [-0.4, -0.2) is 42.5 Å². The van der Waals surface area contributed by atoms with Crippen LogP contribution in [0.2, 0.25) is 0 Å². The van der Waals surface area contributed by atoms with E-state index in [9.17, 15) is 4.79 Å². The van der Waals surface area contributed by atoms with Gasteiger partial charge in [0.05, 0.1) is 0 Å². The molecule has 1 aliphatic heterocycles. The van der Waals surface area contributed by atoms with Crippen LogP contribution in [0.5, 0.6) is 0 Å². The molecule has 13 heavy (non-hydrogen) atoms. The van der Waals surface area contributed by atoms with E-state index < -0.39 is 0 Å². The van der Waals surface area contributed by atoms with Crippen LogP contribution in [0.25, 0.3) is 0 Å². The van der Waals surface area contributed by atoms with E-state index in [1.165, 1.54) is 0 Å². The molecule has 1 fully saturated rings. The average Bonchev–Trinajstić information content (AvgIpc) is 2.12. The van der Waals surface area contributed by atoms with Gasteiger partial charge in [0.1, 0.15) is 0 Å². The number of hydrogen-bond donors (Lipinski definition) is 2. The summed E-state index contributed by atoms with van der Waals surface area (Å²) in [7, 11) is 0. The molecule has 4 nitrogen and oxygen atoms in total. The molecule has 1 amide bonds. The second-order valence-corrected chi connectivity index (χ2v) is 4.36. The van der Waals surface area contributed by atoms with Gasteiger partial charge in [-0.25, -0.2) is 0 Å². The zero-order chi connectivity index (χ0) is 9.90. The molecule has 0 unspecified atom stereocenters. The predicted octanol–water partition coefficient (Wildman–Crippen LogP) is -0.454. The molecule has 1 heterocycles. The van der Waals surface area contributed by atoms with Crippen molar-refractivity contribution in [1.82, 2.24) is 10.2 Å². The van der Waals surface area contributed by atoms with E-state index >= 15 is 0 Å². The summed E-state index contributed by atoms with van der Waals surface area (Å²) in [5.41, 5.74) is 5.73. The van der Waals surface area contributed by atoms with Gasteiger partial charge in [-0.3, -0.25) is 9.69 Å². The van der Waals surface area contributed by atoms with Crippen molar-refractivity contribution >= 4 is 5.91 Å². The summed E-state index contributed by atoms with van der Waals surface area (Å²) < 4.78 is 0. The van der Waals surface area contributed by atoms with Crippen LogP contribution in [0, 0.1) is 0 Å². The molecule has 0 spiro atoms. The van der Waals surface area contributed by atoms with Gasteiger partial charge >= 0.3 is 0 Å². The molecule has 0 saturated carbocycles. The number of nitrogens with two attached hydrogens (primary N) is 1. The Balaban J connectivity index is 2.38. The van der Waals surface area contributed by atoms with Crippen molar-refractivity contribution in [3.8, 4) is 0 Å². The van der Waals surface area contributed by atoms with E-state index in [1.54, 1.807) is 0 Å². The van der Waals surface area contributed by atoms with Crippen molar-refractivity contribution in [1.29, 1.82) is 0 Å². The Hall–Kier alpha value is -0.610. The van der Waals surface area contributed by atoms with Gasteiger partial charge in [-0.05, 0) is 13.8 Å². The lowest BCUT2D eigenvalue weighted by atomic mass is 10.1. The van der Waals surface area contributed by atoms with Gasteiger partial charge in [0.2, 0.25) is 5.91 Å². The highest BCUT2D eigenvalue weighted by atomic mass is 16.1. The molecule has 0 atom stereocenters. The van der Waals surface area contributed by atoms with Crippen LogP contribution in [0.3, 0.4) is 0 Å². The highest BCUT2D eigenvalue weighted by Gasteiger charge is 2.19. The number of carbonyl (C=O) groups excluding carboxylic acids is 1. The van der Waals surface area contributed by atoms with E-state index in [0.29, 0.717) is 6.42 Å². The van der Waals surface area contributed by atoms with Crippen molar-refractivity contribution in [2.75, 3.05) is 26.2 Å². The first kappa shape index (κ1) is 10.5. The number of amides is 1. The monoisotopic (exact) mass is 185 g/mol. The lowest BCUT2D eigenvalue weighted by Gasteiger charge is -2.28. The summed E-state index contributed by atoms with van der Waals surface area (Å²) in [5.74, 6) is 0.150. The molecule has 1 aliphatic rings. The molecule has 76 valence electrons. The highest BCUT2D eigenvalue weighted by molar-refractivity contribution is 5.76. The minimum atomic E-state index is -0.173. The zero-order valence-electron chi connectivity index (χ0n) is 8.47. The Morgan fingerprint density at radius 3 is 2.85 bits per heavy atom. The maximum absolute atomic E-state index is 11.0. The van der Waals surface area contributed by atoms with Crippen molar-refractivity contribution in [3.05, 3.63) is 0 Å². The standard InChI is InChI=1S/C9H19N3O/c1-9(2,10)7-12-5-3-8(13)11-4-6-12/h3-7,10H2,1-2H3,(H,11,13). The second kappa shape index (κ2) is 4.07. The van der Waals surface area contributed by atoms with Crippen molar-refractivity contribution in [2.45, 2.75) is 25.8 Å². The maximum atomic E-state index is 11.0. The maximum Gasteiger partial charge on any atom is 0.221 e. The van der Waals surface area contributed by atoms with Gasteiger partial charge in [0, 0.05) is 38.1 Å². The summed E-state index contributed by atoms with van der Waals surface area (Å²) >= 11 is 0. The van der Waals surface area contributed by atoms with Crippen LogP contribution >= 0.6 is 0 Å². The van der Waals surface area contributed by atoms with Crippen LogP contribution in [0.1, 0.15) is 20.3 Å². The fourth-order valence-corrected chi connectivity index (χ4v) is 1.55. The number of rotatable bonds is 2. The lowest BCUT2D eigenvalue weighted by Crippen LogP contribution is -2.46. The highest BCUT2D eigenvalue weighted by Crippen LogP contribution is 2.03. The molecule has 3 N–H and O–H groups in total. The van der Waals surface area contributed by atoms with E-state index in [0.717, 1.165) is 26.2 Å². The molecular weight excluding hydrogens is 166 g/mol. The Morgan fingerprint density at radius 2 is 2.23 bits per heavy atom. The third kappa shape index (κ3) is 4.24. The summed E-state index contributed by atoms with van der Waals surface area (Å²) in [6.07, 6.45) is 0.593. The summed E-state index contributed by atoms with van der Waals surface area (Å²) in [6.45, 7) is 7.34. The van der Waals surface area contributed by atoms with Gasteiger partial charge < -0.3 is 11.1 Å². The number of hydrogen-bond acceptors (Lipinski definition) is 3. The molecule has 0 aromatic carbocycles. The fourth-order valence-electron chi connectivity index (χ4n) is 1.55. The summed E-state index contributed by atoms with van der Waals surface area (Å²) in [6, 6.07) is 0. The third-order valence-electron chi connectivity index (χ3n) is 2.04. The molecule has 0 bridgehead atoms. The predicted molar refractivity (Wildman–Crippen MR) is 52.3 cm³/mol. The molecule has 0 aromatic rings. The minimum absolute atomic E-state index is 0.150. The third-order valence-corrected chi connectivity index (χ3v) is 2.04. The zero-order valence-corrected chi connectivity index (χ0v) is 8.47. The Bertz CT molecular complexity index is 186. The Kier molecular flexibility index (Phi) is 3.27. The van der Waals surface area contributed by atoms with Crippen molar-refractivity contribution in [2.24, 2.45) is 5.73 Å². The summed E-state index contributed by atoms with van der Waals surface area (Å²) in [5, 5.41) is 2.84. The first-order chi connectivity index (χ1) is 5.97. The quantitative estimate of drug-likeness (QED) is 0.612. The average molecular weight is 185 g/mol. The summed E-state index contributed by atoms with van der Waals surface area (Å²) in [4.78, 5) is 13.3. The first-order valence-electron chi connectivity index (χ1n) is 4.75. The number of nitrogens with zero attached hydrogens (tertiary/aromatic N) is 1. The van der Waals surface area contributed by atoms with Gasteiger partial charge in [-0.1, -0.05) is 0 Å². The van der Waals surface area contributed by atoms with Crippen molar-refractivity contribution in [3.63, 3.8) is 0 Å². The Labute approximate surface area is 79.5 Å². The second-order valence-electron chi connectivity index (χ2n) is 4.36. The minimum Gasteiger partial charge on any atom is -0.355 e. The molecule has 4 heteroatoms. The van der Waals surface area contributed by atoms with E-state index in [1.807, 2.05) is 13.8 Å². The van der Waals surface area contributed by atoms with Crippen LogP contribution in [0.4, 0.5) is 0 Å². The van der Waals surface area contributed by atoms with Gasteiger partial charge in [0.25, 0.3) is 0 Å². The van der Waals surface area contributed by atoms with Crippen molar-refractivity contribution < 1.29 is 4.79 Å². The molecule has 1 rings (SSSR count). The largest absolute Gasteiger partial charge is 0.355 e. The topological polar surface area (TPSA) is 58.4 Å². The number of nitrogens with one attached hydrogen (secondary N) is 1. The van der Waals surface area contributed by atoms with E-state index in [4.69, 9.17) is 5.73 Å². The molecular formula is C9H19N3O. The van der Waals surface area contributed by atoms with Crippen LogP contribution < -0.4 is 11.1 Å². The SMILES string of the molecule is CC(C)(N)CN1CCNC(=O)CC1. The van der Waals surface area contributed by atoms with Crippen LogP contribution in [0.15, 0.2) is 0 Å². The lowest BCUT2D eigenvalue weighted by molar-refractivity contribution is -0.120. The fraction of sp³-hybridized carbons (Fsp3) is 0.889. The molecule has 1 saturated heterocycles. The number of carbonyl (C=O) groups is 1. The van der Waals surface area contributed by atoms with E-state index in [2.05, 4.69) is 10.2 Å². The van der Waals surface area contributed by atoms with Gasteiger partial charge in [0.15, 0.2) is 0 Å². The molecule has 0 aliphatic carbocycles. The van der Waals surface area contributed by atoms with E-state index in [-0.39, 0.29) is 11.4 Å². The van der Waals surface area contributed by atoms with Gasteiger partial charge in [-0.2, -0.15) is 0 Å². The Morgan fingerprint density at radius 1 is 1.54 bits per heavy atom. The van der Waals surface area contributed by atoms with Crippen LogP contribution in [-0.2, 0) is 4.79 Å². The normalized spacial score (nSPS) is 21.0. The van der Waals surface area contributed by atoms with Gasteiger partial charge in [-0.15, -0.1) is 0 Å². The molecule has 0 radical (unpaired) electrons.